The summed E-state index contributed by atoms with van der Waals surface area (Å²) >= 11 is 0. The number of anilines is 1. The molecule has 2 heterocycles. The highest BCUT2D eigenvalue weighted by Gasteiger charge is 2.29. The van der Waals surface area contributed by atoms with Crippen molar-refractivity contribution in [3.63, 3.8) is 0 Å². The molecule has 0 bridgehead atoms. The van der Waals surface area contributed by atoms with Crippen LogP contribution in [0.2, 0.25) is 0 Å². The molecule has 3 heteroatoms. The van der Waals surface area contributed by atoms with Gasteiger partial charge in [0.1, 0.15) is 5.76 Å². The van der Waals surface area contributed by atoms with E-state index in [1.54, 1.807) is 11.2 Å². The highest BCUT2D eigenvalue weighted by atomic mass is 16.3. The Labute approximate surface area is 110 Å². The number of amides is 1. The quantitative estimate of drug-likeness (QED) is 0.695. The topological polar surface area (TPSA) is 33.5 Å². The molecule has 4 rings (SSSR count). The average Bonchev–Trinajstić information content (AvgIpc) is 3.04. The molecule has 0 fully saturated rings. The molecule has 2 aromatic carbocycles. The molecule has 1 amide bonds. The lowest BCUT2D eigenvalue weighted by Gasteiger charge is -2.15. The Bertz CT molecular complexity index is 769. The third kappa shape index (κ3) is 1.41. The monoisotopic (exact) mass is 249 g/mol. The van der Waals surface area contributed by atoms with Gasteiger partial charge in [0.25, 0.3) is 5.91 Å². The molecule has 0 unspecified atom stereocenters. The molecule has 0 N–H and O–H groups in total. The summed E-state index contributed by atoms with van der Waals surface area (Å²) in [6.45, 7) is 0.472. The smallest absolute Gasteiger partial charge is 0.259 e. The van der Waals surface area contributed by atoms with Crippen molar-refractivity contribution in [3.8, 4) is 0 Å². The number of hydrogen-bond donors (Lipinski definition) is 0. The van der Waals surface area contributed by atoms with E-state index in [0.29, 0.717) is 6.54 Å². The summed E-state index contributed by atoms with van der Waals surface area (Å²) in [4.78, 5) is 14.3. The maximum absolute atomic E-state index is 12.5. The Morgan fingerprint density at radius 2 is 1.84 bits per heavy atom. The van der Waals surface area contributed by atoms with E-state index in [2.05, 4.69) is 0 Å². The normalized spacial score (nSPS) is 13.5. The Hall–Kier alpha value is -2.55. The molecule has 0 spiro atoms. The highest BCUT2D eigenvalue weighted by Crippen LogP contribution is 2.37. The van der Waals surface area contributed by atoms with E-state index in [1.807, 2.05) is 48.5 Å². The van der Waals surface area contributed by atoms with E-state index in [-0.39, 0.29) is 5.91 Å². The first-order chi connectivity index (χ1) is 9.34. The first-order valence-corrected chi connectivity index (χ1v) is 6.20. The highest BCUT2D eigenvalue weighted by molar-refractivity contribution is 6.24. The second-order valence-corrected chi connectivity index (χ2v) is 4.65. The van der Waals surface area contributed by atoms with Gasteiger partial charge in [-0.3, -0.25) is 4.79 Å². The second kappa shape index (κ2) is 3.72. The van der Waals surface area contributed by atoms with Gasteiger partial charge in [0.2, 0.25) is 0 Å². The summed E-state index contributed by atoms with van der Waals surface area (Å²) in [5.41, 5.74) is 1.74. The number of hydrogen-bond acceptors (Lipinski definition) is 2. The van der Waals surface area contributed by atoms with E-state index in [4.69, 9.17) is 4.42 Å². The molecule has 0 radical (unpaired) electrons. The van der Waals surface area contributed by atoms with Crippen LogP contribution in [-0.4, -0.2) is 5.91 Å². The first-order valence-electron chi connectivity index (χ1n) is 6.20. The van der Waals surface area contributed by atoms with Gasteiger partial charge in [-0.15, -0.1) is 0 Å². The zero-order valence-electron chi connectivity index (χ0n) is 10.2. The van der Waals surface area contributed by atoms with Crippen molar-refractivity contribution < 1.29 is 9.21 Å². The third-order valence-corrected chi connectivity index (χ3v) is 3.54. The SMILES string of the molecule is O=C1c2cccc3cccc(c23)N1Cc1ccco1. The minimum Gasteiger partial charge on any atom is -0.467 e. The third-order valence-electron chi connectivity index (χ3n) is 3.54. The summed E-state index contributed by atoms with van der Waals surface area (Å²) in [5.74, 6) is 0.835. The molecule has 19 heavy (non-hydrogen) atoms. The fraction of sp³-hybridized carbons (Fsp3) is 0.0625. The van der Waals surface area contributed by atoms with Crippen molar-refractivity contribution in [2.24, 2.45) is 0 Å². The fourth-order valence-corrected chi connectivity index (χ4v) is 2.69. The van der Waals surface area contributed by atoms with Gasteiger partial charge in [0.05, 0.1) is 18.5 Å². The van der Waals surface area contributed by atoms with Crippen molar-refractivity contribution in [3.05, 3.63) is 66.1 Å². The Morgan fingerprint density at radius 3 is 2.63 bits per heavy atom. The van der Waals surface area contributed by atoms with E-state index in [1.165, 1.54) is 0 Å². The van der Waals surface area contributed by atoms with E-state index >= 15 is 0 Å². The number of benzene rings is 2. The van der Waals surface area contributed by atoms with Gasteiger partial charge in [-0.2, -0.15) is 0 Å². The van der Waals surface area contributed by atoms with Gasteiger partial charge < -0.3 is 9.32 Å². The largest absolute Gasteiger partial charge is 0.467 e. The van der Waals surface area contributed by atoms with Gasteiger partial charge >= 0.3 is 0 Å². The molecule has 0 atom stereocenters. The number of nitrogens with zero attached hydrogens (tertiary/aromatic N) is 1. The summed E-state index contributed by atoms with van der Waals surface area (Å²) in [5, 5.41) is 2.15. The van der Waals surface area contributed by atoms with Gasteiger partial charge in [-0.25, -0.2) is 0 Å². The molecule has 1 aliphatic heterocycles. The van der Waals surface area contributed by atoms with Crippen molar-refractivity contribution in [2.45, 2.75) is 6.54 Å². The zero-order chi connectivity index (χ0) is 12.8. The zero-order valence-corrected chi connectivity index (χ0v) is 10.2. The lowest BCUT2D eigenvalue weighted by Crippen LogP contribution is -2.25. The lowest BCUT2D eigenvalue weighted by molar-refractivity contribution is 0.0989. The summed E-state index contributed by atoms with van der Waals surface area (Å²) in [6.07, 6.45) is 1.63. The maximum Gasteiger partial charge on any atom is 0.259 e. The standard InChI is InChI=1S/C16H11NO2/c18-16-13-7-1-4-11-5-2-8-14(15(11)13)17(16)10-12-6-3-9-19-12/h1-9H,10H2. The van der Waals surface area contributed by atoms with Crippen LogP contribution >= 0.6 is 0 Å². The predicted octanol–water partition coefficient (Wildman–Crippen LogP) is 3.59. The minimum atomic E-state index is 0.0446. The number of carbonyl (C=O) groups excluding carboxylic acids is 1. The molecule has 3 nitrogen and oxygen atoms in total. The van der Waals surface area contributed by atoms with Gasteiger partial charge in [0.15, 0.2) is 0 Å². The first kappa shape index (κ1) is 10.4. The van der Waals surface area contributed by atoms with E-state index in [9.17, 15) is 4.79 Å². The van der Waals surface area contributed by atoms with Crippen LogP contribution in [0.1, 0.15) is 16.1 Å². The molecule has 0 saturated heterocycles. The molecule has 0 aliphatic carbocycles. The number of carbonyl (C=O) groups is 1. The van der Waals surface area contributed by atoms with Crippen molar-refractivity contribution in [1.29, 1.82) is 0 Å². The number of furan rings is 1. The fourth-order valence-electron chi connectivity index (χ4n) is 2.69. The van der Waals surface area contributed by atoms with E-state index in [0.717, 1.165) is 27.8 Å². The van der Waals surface area contributed by atoms with Crippen LogP contribution < -0.4 is 4.90 Å². The van der Waals surface area contributed by atoms with E-state index < -0.39 is 0 Å². The molecular formula is C16H11NO2. The summed E-state index contributed by atoms with van der Waals surface area (Å²) < 4.78 is 5.34. The molecule has 1 aliphatic rings. The van der Waals surface area contributed by atoms with Crippen LogP contribution in [0.15, 0.2) is 59.2 Å². The van der Waals surface area contributed by atoms with Gasteiger partial charge in [-0.05, 0) is 29.7 Å². The van der Waals surface area contributed by atoms with Gasteiger partial charge in [-0.1, -0.05) is 24.3 Å². The van der Waals surface area contributed by atoms with Crippen molar-refractivity contribution in [2.75, 3.05) is 4.90 Å². The number of rotatable bonds is 2. The maximum atomic E-state index is 12.5. The molecule has 0 saturated carbocycles. The minimum absolute atomic E-state index is 0.0446. The van der Waals surface area contributed by atoms with Crippen LogP contribution in [0.4, 0.5) is 5.69 Å². The second-order valence-electron chi connectivity index (χ2n) is 4.65. The van der Waals surface area contributed by atoms with Crippen molar-refractivity contribution >= 4 is 22.4 Å². The molecular weight excluding hydrogens is 238 g/mol. The summed E-state index contributed by atoms with van der Waals surface area (Å²) in [7, 11) is 0. The van der Waals surface area contributed by atoms with Crippen LogP contribution in [-0.2, 0) is 6.54 Å². The predicted molar refractivity (Wildman–Crippen MR) is 73.2 cm³/mol. The van der Waals surface area contributed by atoms with Gasteiger partial charge in [0, 0.05) is 10.9 Å². The van der Waals surface area contributed by atoms with Crippen LogP contribution in [0, 0.1) is 0 Å². The molecule has 1 aromatic heterocycles. The van der Waals surface area contributed by atoms with Crippen LogP contribution in [0.5, 0.6) is 0 Å². The Morgan fingerprint density at radius 1 is 1.00 bits per heavy atom. The Balaban J connectivity index is 1.89. The molecule has 92 valence electrons. The van der Waals surface area contributed by atoms with Crippen LogP contribution in [0.3, 0.4) is 0 Å². The van der Waals surface area contributed by atoms with Crippen molar-refractivity contribution in [1.82, 2.24) is 0 Å². The Kier molecular flexibility index (Phi) is 2.03. The molecule has 3 aromatic rings. The summed E-state index contributed by atoms with van der Waals surface area (Å²) in [6, 6.07) is 15.6. The average molecular weight is 249 g/mol. The lowest BCUT2D eigenvalue weighted by atomic mass is 10.1. The van der Waals surface area contributed by atoms with Crippen LogP contribution in [0.25, 0.3) is 10.8 Å².